The maximum atomic E-state index is 4.70. The monoisotopic (exact) mass is 275 g/mol. The Kier molecular flexibility index (Phi) is 4.16. The Balaban J connectivity index is 1.70. The minimum atomic E-state index is 0.652. The van der Waals surface area contributed by atoms with E-state index in [1.54, 1.807) is 0 Å². The van der Waals surface area contributed by atoms with Crippen LogP contribution in [0.1, 0.15) is 51.4 Å². The number of nitrogens with zero attached hydrogens (tertiary/aromatic N) is 2. The third-order valence-electron chi connectivity index (χ3n) is 5.32. The van der Waals surface area contributed by atoms with Crippen molar-refractivity contribution in [1.29, 1.82) is 0 Å². The molecular formula is C17H29N3. The van der Waals surface area contributed by atoms with E-state index in [9.17, 15) is 0 Å². The molecule has 0 spiro atoms. The summed E-state index contributed by atoms with van der Waals surface area (Å²) in [6.45, 7) is 8.69. The third kappa shape index (κ3) is 2.78. The zero-order valence-electron chi connectivity index (χ0n) is 13.2. The van der Waals surface area contributed by atoms with Gasteiger partial charge in [0.25, 0.3) is 0 Å². The molecule has 0 amide bonds. The lowest BCUT2D eigenvalue weighted by molar-refractivity contribution is 0.331. The maximum absolute atomic E-state index is 4.70. The van der Waals surface area contributed by atoms with E-state index in [1.165, 1.54) is 30.7 Å². The van der Waals surface area contributed by atoms with Gasteiger partial charge in [-0.25, -0.2) is 0 Å². The molecule has 2 fully saturated rings. The van der Waals surface area contributed by atoms with Gasteiger partial charge >= 0.3 is 0 Å². The average molecular weight is 275 g/mol. The van der Waals surface area contributed by atoms with Gasteiger partial charge in [-0.1, -0.05) is 13.8 Å². The third-order valence-corrected chi connectivity index (χ3v) is 5.32. The number of aromatic nitrogens is 2. The molecule has 3 rings (SSSR count). The van der Waals surface area contributed by atoms with Crippen LogP contribution in [0.15, 0.2) is 6.07 Å². The Labute approximate surface area is 123 Å². The van der Waals surface area contributed by atoms with Crippen molar-refractivity contribution in [3.8, 4) is 0 Å². The van der Waals surface area contributed by atoms with Crippen molar-refractivity contribution in [3.63, 3.8) is 0 Å². The predicted molar refractivity (Wildman–Crippen MR) is 82.8 cm³/mol. The van der Waals surface area contributed by atoms with E-state index in [0.717, 1.165) is 43.7 Å². The summed E-state index contributed by atoms with van der Waals surface area (Å²) in [5.41, 5.74) is 2.67. The fraction of sp³-hybridized carbons (Fsp3) is 0.824. The van der Waals surface area contributed by atoms with Crippen molar-refractivity contribution in [2.24, 2.45) is 17.8 Å². The summed E-state index contributed by atoms with van der Waals surface area (Å²) in [6.07, 6.45) is 6.63. The van der Waals surface area contributed by atoms with E-state index in [-0.39, 0.29) is 0 Å². The fourth-order valence-electron chi connectivity index (χ4n) is 4.11. The highest BCUT2D eigenvalue weighted by Gasteiger charge is 2.47. The summed E-state index contributed by atoms with van der Waals surface area (Å²) in [4.78, 5) is 0. The van der Waals surface area contributed by atoms with Gasteiger partial charge in [0.05, 0.1) is 5.69 Å². The number of hydrogen-bond acceptors (Lipinski definition) is 2. The zero-order chi connectivity index (χ0) is 14.1. The van der Waals surface area contributed by atoms with Crippen LogP contribution in [0.4, 0.5) is 0 Å². The van der Waals surface area contributed by atoms with Crippen LogP contribution >= 0.6 is 0 Å². The summed E-state index contributed by atoms with van der Waals surface area (Å²) >= 11 is 0. The van der Waals surface area contributed by atoms with Gasteiger partial charge in [0.2, 0.25) is 0 Å². The van der Waals surface area contributed by atoms with Crippen LogP contribution < -0.4 is 5.32 Å². The summed E-state index contributed by atoms with van der Waals surface area (Å²) in [6, 6.07) is 2.98. The molecule has 1 aromatic heterocycles. The quantitative estimate of drug-likeness (QED) is 0.829. The van der Waals surface area contributed by atoms with Gasteiger partial charge in [-0.2, -0.15) is 5.10 Å². The highest BCUT2D eigenvalue weighted by atomic mass is 15.3. The minimum Gasteiger partial charge on any atom is -0.314 e. The summed E-state index contributed by atoms with van der Waals surface area (Å²) in [5, 5.41) is 8.45. The molecule has 0 saturated heterocycles. The Morgan fingerprint density at radius 2 is 2.00 bits per heavy atom. The largest absolute Gasteiger partial charge is 0.314 e. The number of fused-ring (bicyclic) bond motifs is 1. The van der Waals surface area contributed by atoms with Crippen LogP contribution in [0.3, 0.4) is 0 Å². The molecule has 2 aliphatic carbocycles. The number of hydrogen-bond donors (Lipinski definition) is 1. The van der Waals surface area contributed by atoms with Crippen LogP contribution in [-0.4, -0.2) is 22.4 Å². The predicted octanol–water partition coefficient (Wildman–Crippen LogP) is 3.03. The average Bonchev–Trinajstić information content (AvgIpc) is 2.89. The van der Waals surface area contributed by atoms with Gasteiger partial charge in [0.15, 0.2) is 0 Å². The molecular weight excluding hydrogens is 246 g/mol. The Morgan fingerprint density at radius 3 is 2.60 bits per heavy atom. The van der Waals surface area contributed by atoms with Crippen LogP contribution in [0.5, 0.6) is 0 Å². The van der Waals surface area contributed by atoms with Gasteiger partial charge in [0, 0.05) is 24.7 Å². The van der Waals surface area contributed by atoms with E-state index in [1.807, 2.05) is 0 Å². The molecule has 3 atom stereocenters. The normalized spacial score (nSPS) is 29.4. The van der Waals surface area contributed by atoms with Crippen molar-refractivity contribution in [2.45, 2.75) is 65.5 Å². The molecule has 0 aromatic carbocycles. The van der Waals surface area contributed by atoms with Crippen molar-refractivity contribution in [3.05, 3.63) is 17.5 Å². The summed E-state index contributed by atoms with van der Waals surface area (Å²) in [7, 11) is 0. The van der Waals surface area contributed by atoms with Crippen LogP contribution in [-0.2, 0) is 19.4 Å². The first kappa shape index (κ1) is 14.1. The lowest BCUT2D eigenvalue weighted by Crippen LogP contribution is -2.38. The van der Waals surface area contributed by atoms with E-state index >= 15 is 0 Å². The smallest absolute Gasteiger partial charge is 0.0624 e. The standard InChI is InChI=1S/C17H29N3/c1-4-15-10-16(20(6-3)19-15)11-17(18-5-2)14-8-12-7-13(12)9-14/h10,12-14,17-18H,4-9,11H2,1-3H3. The topological polar surface area (TPSA) is 29.9 Å². The lowest BCUT2D eigenvalue weighted by atomic mass is 9.91. The Hall–Kier alpha value is -0.830. The second-order valence-corrected chi connectivity index (χ2v) is 6.65. The molecule has 20 heavy (non-hydrogen) atoms. The number of aryl methyl sites for hydroxylation is 2. The first-order chi connectivity index (χ1) is 9.75. The molecule has 3 unspecified atom stereocenters. The number of rotatable bonds is 7. The second kappa shape index (κ2) is 5.88. The van der Waals surface area contributed by atoms with Gasteiger partial charge in [-0.15, -0.1) is 0 Å². The lowest BCUT2D eigenvalue weighted by Gasteiger charge is -2.26. The molecule has 0 radical (unpaired) electrons. The Bertz CT molecular complexity index is 441. The first-order valence-electron chi connectivity index (χ1n) is 8.54. The number of nitrogens with one attached hydrogen (secondary N) is 1. The summed E-state index contributed by atoms with van der Waals surface area (Å²) in [5.74, 6) is 3.04. The van der Waals surface area contributed by atoms with Gasteiger partial charge < -0.3 is 5.32 Å². The highest BCUT2D eigenvalue weighted by molar-refractivity contribution is 5.13. The van der Waals surface area contributed by atoms with Gasteiger partial charge in [-0.3, -0.25) is 4.68 Å². The number of likely N-dealkylation sites (N-methyl/N-ethyl adjacent to an activating group) is 1. The molecule has 1 heterocycles. The van der Waals surface area contributed by atoms with Gasteiger partial charge in [-0.05, 0) is 63.0 Å². The van der Waals surface area contributed by atoms with Crippen molar-refractivity contribution >= 4 is 0 Å². The Morgan fingerprint density at radius 1 is 1.25 bits per heavy atom. The molecule has 2 saturated carbocycles. The second-order valence-electron chi connectivity index (χ2n) is 6.65. The van der Waals surface area contributed by atoms with Crippen LogP contribution in [0.25, 0.3) is 0 Å². The molecule has 1 aromatic rings. The molecule has 0 bridgehead atoms. The highest BCUT2D eigenvalue weighted by Crippen LogP contribution is 2.55. The van der Waals surface area contributed by atoms with E-state index in [4.69, 9.17) is 5.10 Å². The van der Waals surface area contributed by atoms with E-state index in [0.29, 0.717) is 6.04 Å². The molecule has 0 aliphatic heterocycles. The zero-order valence-corrected chi connectivity index (χ0v) is 13.2. The van der Waals surface area contributed by atoms with Crippen molar-refractivity contribution < 1.29 is 0 Å². The molecule has 3 nitrogen and oxygen atoms in total. The van der Waals surface area contributed by atoms with Gasteiger partial charge in [0.1, 0.15) is 0 Å². The summed E-state index contributed by atoms with van der Waals surface area (Å²) < 4.78 is 2.21. The van der Waals surface area contributed by atoms with E-state index in [2.05, 4.69) is 36.8 Å². The van der Waals surface area contributed by atoms with Crippen LogP contribution in [0, 0.1) is 17.8 Å². The van der Waals surface area contributed by atoms with Crippen molar-refractivity contribution in [1.82, 2.24) is 15.1 Å². The fourth-order valence-corrected chi connectivity index (χ4v) is 4.11. The first-order valence-corrected chi connectivity index (χ1v) is 8.54. The van der Waals surface area contributed by atoms with Crippen molar-refractivity contribution in [2.75, 3.05) is 6.54 Å². The molecule has 1 N–H and O–H groups in total. The van der Waals surface area contributed by atoms with Crippen LogP contribution in [0.2, 0.25) is 0 Å². The maximum Gasteiger partial charge on any atom is 0.0624 e. The molecule has 3 heteroatoms. The SMILES string of the molecule is CCNC(Cc1cc(CC)nn1CC)C1CC2CC2C1. The minimum absolute atomic E-state index is 0.652. The molecule has 112 valence electrons. The van der Waals surface area contributed by atoms with E-state index < -0.39 is 0 Å². The molecule has 2 aliphatic rings.